The zero-order valence-corrected chi connectivity index (χ0v) is 13.8. The molecule has 2 amide bonds. The molecular weight excluding hydrogens is 300 g/mol. The van der Waals surface area contributed by atoms with Crippen molar-refractivity contribution >= 4 is 23.6 Å². The van der Waals surface area contributed by atoms with Gasteiger partial charge in [-0.1, -0.05) is 13.8 Å². The van der Waals surface area contributed by atoms with Gasteiger partial charge < -0.3 is 14.2 Å². The first-order chi connectivity index (χ1) is 10.6. The minimum atomic E-state index is -0.368. The number of amides is 2. The van der Waals surface area contributed by atoms with E-state index in [-0.39, 0.29) is 23.2 Å². The molecule has 0 saturated carbocycles. The Morgan fingerprint density at radius 3 is 2.64 bits per heavy atom. The lowest BCUT2D eigenvalue weighted by atomic mass is 10.1. The Morgan fingerprint density at radius 2 is 2.05 bits per heavy atom. The number of nitrogens with zero attached hydrogens (tertiary/aromatic N) is 2. The number of hydrogen-bond donors (Lipinski definition) is 0. The minimum Gasteiger partial charge on any atom is -0.459 e. The monoisotopic (exact) mass is 322 g/mol. The van der Waals surface area contributed by atoms with E-state index in [1.807, 2.05) is 4.90 Å². The van der Waals surface area contributed by atoms with Gasteiger partial charge in [0.25, 0.3) is 5.91 Å². The number of likely N-dealkylation sites (tertiary alicyclic amines) is 1. The van der Waals surface area contributed by atoms with Crippen molar-refractivity contribution in [3.05, 3.63) is 24.2 Å². The van der Waals surface area contributed by atoms with E-state index in [4.69, 9.17) is 4.42 Å². The summed E-state index contributed by atoms with van der Waals surface area (Å²) in [5.74, 6) is 1.19. The summed E-state index contributed by atoms with van der Waals surface area (Å²) in [6, 6.07) is 3.01. The van der Waals surface area contributed by atoms with Crippen molar-refractivity contribution in [2.75, 3.05) is 18.8 Å². The third-order valence-corrected chi connectivity index (χ3v) is 5.90. The summed E-state index contributed by atoms with van der Waals surface area (Å²) in [4.78, 5) is 29.2. The summed E-state index contributed by atoms with van der Waals surface area (Å²) in [6.45, 7) is 5.80. The molecule has 2 saturated heterocycles. The molecule has 0 radical (unpaired) electrons. The average Bonchev–Trinajstić information content (AvgIpc) is 3.25. The first kappa shape index (κ1) is 15.5. The maximum atomic E-state index is 12.8. The van der Waals surface area contributed by atoms with E-state index in [1.54, 1.807) is 28.8 Å². The predicted molar refractivity (Wildman–Crippen MR) is 85.6 cm³/mol. The number of thioether (sulfide) groups is 1. The zero-order valence-electron chi connectivity index (χ0n) is 13.0. The largest absolute Gasteiger partial charge is 0.459 e. The number of hydrogen-bond acceptors (Lipinski definition) is 4. The molecule has 0 aromatic carbocycles. The van der Waals surface area contributed by atoms with Gasteiger partial charge in [0.05, 0.1) is 11.6 Å². The fourth-order valence-corrected chi connectivity index (χ4v) is 4.64. The summed E-state index contributed by atoms with van der Waals surface area (Å²) in [5.41, 5.74) is 0. The number of carbonyl (C=O) groups is 2. The van der Waals surface area contributed by atoms with Crippen molar-refractivity contribution in [2.45, 2.75) is 38.1 Å². The second-order valence-corrected chi connectivity index (χ2v) is 7.36. The quantitative estimate of drug-likeness (QED) is 0.858. The molecule has 6 heteroatoms. The fourth-order valence-electron chi connectivity index (χ4n) is 3.16. The van der Waals surface area contributed by atoms with E-state index in [9.17, 15) is 9.59 Å². The third kappa shape index (κ3) is 2.76. The van der Waals surface area contributed by atoms with Crippen molar-refractivity contribution in [3.8, 4) is 0 Å². The normalized spacial score (nSPS) is 25.2. The number of rotatable bonds is 3. The fraction of sp³-hybridized carbons (Fsp3) is 0.625. The van der Waals surface area contributed by atoms with Crippen LogP contribution in [0.4, 0.5) is 0 Å². The summed E-state index contributed by atoms with van der Waals surface area (Å²) >= 11 is 1.70. The second kappa shape index (κ2) is 6.36. The van der Waals surface area contributed by atoms with Crippen LogP contribution in [0.3, 0.4) is 0 Å². The van der Waals surface area contributed by atoms with Crippen molar-refractivity contribution in [1.29, 1.82) is 0 Å². The van der Waals surface area contributed by atoms with Crippen LogP contribution in [0, 0.1) is 5.92 Å². The van der Waals surface area contributed by atoms with Crippen LogP contribution in [0.2, 0.25) is 0 Å². The Labute approximate surface area is 135 Å². The van der Waals surface area contributed by atoms with Crippen LogP contribution < -0.4 is 0 Å². The molecule has 5 nitrogen and oxygen atoms in total. The molecule has 0 aliphatic carbocycles. The highest BCUT2D eigenvalue weighted by Crippen LogP contribution is 2.36. The highest BCUT2D eigenvalue weighted by atomic mass is 32.2. The maximum Gasteiger partial charge on any atom is 0.291 e. The molecule has 1 aromatic rings. The number of carbonyl (C=O) groups excluding carboxylic acids is 2. The van der Waals surface area contributed by atoms with Crippen molar-refractivity contribution < 1.29 is 14.0 Å². The van der Waals surface area contributed by atoms with Crippen LogP contribution in [0.1, 0.15) is 37.2 Å². The van der Waals surface area contributed by atoms with Crippen LogP contribution in [0.5, 0.6) is 0 Å². The molecule has 2 aliphatic heterocycles. The Hall–Kier alpha value is -1.43. The first-order valence-corrected chi connectivity index (χ1v) is 8.91. The van der Waals surface area contributed by atoms with Crippen LogP contribution in [-0.2, 0) is 4.79 Å². The highest BCUT2D eigenvalue weighted by molar-refractivity contribution is 8.00. The van der Waals surface area contributed by atoms with Crippen LogP contribution in [-0.4, -0.2) is 51.9 Å². The van der Waals surface area contributed by atoms with Crippen LogP contribution >= 0.6 is 11.8 Å². The smallest absolute Gasteiger partial charge is 0.291 e. The van der Waals surface area contributed by atoms with Gasteiger partial charge in [0.1, 0.15) is 6.04 Å². The van der Waals surface area contributed by atoms with Crippen molar-refractivity contribution in [2.24, 2.45) is 5.92 Å². The van der Waals surface area contributed by atoms with E-state index in [0.29, 0.717) is 17.4 Å². The van der Waals surface area contributed by atoms with Gasteiger partial charge >= 0.3 is 0 Å². The molecule has 2 fully saturated rings. The summed E-state index contributed by atoms with van der Waals surface area (Å²) in [7, 11) is 0. The zero-order chi connectivity index (χ0) is 15.7. The Bertz CT molecular complexity index is 538. The lowest BCUT2D eigenvalue weighted by Crippen LogP contribution is -2.51. The Balaban J connectivity index is 1.85. The summed E-state index contributed by atoms with van der Waals surface area (Å²) < 4.78 is 5.26. The van der Waals surface area contributed by atoms with Gasteiger partial charge in [-0.2, -0.15) is 0 Å². The van der Waals surface area contributed by atoms with Crippen molar-refractivity contribution in [1.82, 2.24) is 9.80 Å². The van der Waals surface area contributed by atoms with Gasteiger partial charge in [0.2, 0.25) is 5.91 Å². The lowest BCUT2D eigenvalue weighted by Gasteiger charge is -2.32. The molecule has 1 aromatic heterocycles. The van der Waals surface area contributed by atoms with Gasteiger partial charge in [-0.25, -0.2) is 0 Å². The van der Waals surface area contributed by atoms with E-state index >= 15 is 0 Å². The SMILES string of the molecule is CC(C)C1SCC(C(=O)N2CCCC2)N1C(=O)c1ccco1. The van der Waals surface area contributed by atoms with E-state index in [0.717, 1.165) is 25.9 Å². The molecule has 0 bridgehead atoms. The number of furan rings is 1. The van der Waals surface area contributed by atoms with E-state index < -0.39 is 0 Å². The molecule has 2 unspecified atom stereocenters. The summed E-state index contributed by atoms with van der Waals surface area (Å²) in [5, 5.41) is 0.0224. The molecule has 22 heavy (non-hydrogen) atoms. The second-order valence-electron chi connectivity index (χ2n) is 6.21. The van der Waals surface area contributed by atoms with E-state index in [1.165, 1.54) is 6.26 Å². The van der Waals surface area contributed by atoms with Gasteiger partial charge in [0, 0.05) is 18.8 Å². The van der Waals surface area contributed by atoms with Crippen LogP contribution in [0.25, 0.3) is 0 Å². The average molecular weight is 322 g/mol. The van der Waals surface area contributed by atoms with Gasteiger partial charge in [-0.15, -0.1) is 11.8 Å². The summed E-state index contributed by atoms with van der Waals surface area (Å²) in [6.07, 6.45) is 3.62. The van der Waals surface area contributed by atoms with Gasteiger partial charge in [-0.05, 0) is 30.9 Å². The van der Waals surface area contributed by atoms with Gasteiger partial charge in [0.15, 0.2) is 5.76 Å². The lowest BCUT2D eigenvalue weighted by molar-refractivity contribution is -0.134. The third-order valence-electron chi connectivity index (χ3n) is 4.27. The standard InChI is InChI=1S/C16H22N2O3S/c1-11(2)16-18(15(20)13-6-5-9-21-13)12(10-22-16)14(19)17-7-3-4-8-17/h5-6,9,11-12,16H,3-4,7-8,10H2,1-2H3. The minimum absolute atomic E-state index is 0.0224. The molecule has 3 heterocycles. The molecule has 2 atom stereocenters. The Morgan fingerprint density at radius 1 is 1.32 bits per heavy atom. The molecule has 0 spiro atoms. The molecule has 120 valence electrons. The Kier molecular flexibility index (Phi) is 4.47. The van der Waals surface area contributed by atoms with Crippen molar-refractivity contribution in [3.63, 3.8) is 0 Å². The van der Waals surface area contributed by atoms with Gasteiger partial charge in [-0.3, -0.25) is 9.59 Å². The molecular formula is C16H22N2O3S. The molecule has 3 rings (SSSR count). The van der Waals surface area contributed by atoms with Crippen LogP contribution in [0.15, 0.2) is 22.8 Å². The first-order valence-electron chi connectivity index (χ1n) is 7.86. The molecule has 2 aliphatic rings. The predicted octanol–water partition coefficient (Wildman–Crippen LogP) is 2.44. The maximum absolute atomic E-state index is 12.8. The van der Waals surface area contributed by atoms with E-state index in [2.05, 4.69) is 13.8 Å². The topological polar surface area (TPSA) is 53.8 Å². The molecule has 0 N–H and O–H groups in total. The highest BCUT2D eigenvalue weighted by Gasteiger charge is 2.45.